The van der Waals surface area contributed by atoms with Crippen LogP contribution < -0.4 is 0 Å². The van der Waals surface area contributed by atoms with Crippen LogP contribution in [0.4, 0.5) is 13.2 Å². The minimum absolute atomic E-state index is 0.0118. The monoisotopic (exact) mass is 306 g/mol. The molecule has 0 saturated heterocycles. The first-order valence-corrected chi connectivity index (χ1v) is 7.22. The first-order valence-electron chi connectivity index (χ1n) is 5.78. The largest absolute Gasteiger partial charge is 0.417 e. The predicted octanol–water partition coefficient (Wildman–Crippen LogP) is 2.63. The standard InChI is InChI=1S/C12H13F3N2O2S/c1-2-8-17(9-7-16)20(18,19)11-6-4-3-5-10(11)12(13,14)15/h3-6H,2,8-9H2,1H3. The number of benzene rings is 1. The quantitative estimate of drug-likeness (QED) is 0.786. The fraction of sp³-hybridized carbons (Fsp3) is 0.417. The molecule has 0 amide bonds. The summed E-state index contributed by atoms with van der Waals surface area (Å²) < 4.78 is 63.9. The van der Waals surface area contributed by atoms with Gasteiger partial charge in [-0.1, -0.05) is 19.1 Å². The average Bonchev–Trinajstić information content (AvgIpc) is 2.37. The number of nitriles is 1. The van der Waals surface area contributed by atoms with Gasteiger partial charge >= 0.3 is 6.18 Å². The van der Waals surface area contributed by atoms with Crippen LogP contribution in [0.1, 0.15) is 18.9 Å². The van der Waals surface area contributed by atoms with Gasteiger partial charge in [0.1, 0.15) is 6.54 Å². The maximum Gasteiger partial charge on any atom is 0.417 e. The van der Waals surface area contributed by atoms with Crippen molar-refractivity contribution in [1.29, 1.82) is 5.26 Å². The lowest BCUT2D eigenvalue weighted by atomic mass is 10.2. The molecule has 1 aromatic rings. The van der Waals surface area contributed by atoms with Crippen molar-refractivity contribution in [3.8, 4) is 6.07 Å². The zero-order valence-corrected chi connectivity index (χ0v) is 11.5. The Hall–Kier alpha value is -1.59. The highest BCUT2D eigenvalue weighted by molar-refractivity contribution is 7.89. The maximum atomic E-state index is 12.9. The summed E-state index contributed by atoms with van der Waals surface area (Å²) in [6, 6.07) is 5.61. The van der Waals surface area contributed by atoms with E-state index < -0.39 is 33.2 Å². The molecule has 0 saturated carbocycles. The first-order chi connectivity index (χ1) is 9.25. The highest BCUT2D eigenvalue weighted by Crippen LogP contribution is 2.35. The van der Waals surface area contributed by atoms with E-state index in [-0.39, 0.29) is 6.54 Å². The second kappa shape index (κ2) is 6.24. The zero-order chi connectivity index (χ0) is 15.4. The van der Waals surface area contributed by atoms with Gasteiger partial charge in [-0.2, -0.15) is 22.7 Å². The third-order valence-corrected chi connectivity index (χ3v) is 4.43. The van der Waals surface area contributed by atoms with E-state index in [1.54, 1.807) is 13.0 Å². The second-order valence-corrected chi connectivity index (χ2v) is 5.90. The molecular weight excluding hydrogens is 293 g/mol. The van der Waals surface area contributed by atoms with E-state index in [1.807, 2.05) is 0 Å². The number of rotatable bonds is 5. The van der Waals surface area contributed by atoms with E-state index in [4.69, 9.17) is 5.26 Å². The van der Waals surface area contributed by atoms with Crippen molar-refractivity contribution >= 4 is 10.0 Å². The number of hydrogen-bond acceptors (Lipinski definition) is 3. The van der Waals surface area contributed by atoms with Crippen LogP contribution in [-0.2, 0) is 16.2 Å². The Balaban J connectivity index is 3.39. The van der Waals surface area contributed by atoms with Gasteiger partial charge in [-0.05, 0) is 18.6 Å². The average molecular weight is 306 g/mol. The molecule has 0 radical (unpaired) electrons. The molecule has 0 heterocycles. The molecular formula is C12H13F3N2O2S. The van der Waals surface area contributed by atoms with Crippen LogP contribution in [-0.4, -0.2) is 25.8 Å². The molecule has 1 rings (SSSR count). The topological polar surface area (TPSA) is 61.2 Å². The van der Waals surface area contributed by atoms with Gasteiger partial charge in [-0.3, -0.25) is 0 Å². The predicted molar refractivity (Wildman–Crippen MR) is 66.1 cm³/mol. The zero-order valence-electron chi connectivity index (χ0n) is 10.7. The summed E-state index contributed by atoms with van der Waals surface area (Å²) in [7, 11) is -4.35. The highest BCUT2D eigenvalue weighted by Gasteiger charge is 2.38. The molecule has 0 unspecified atom stereocenters. The molecule has 0 aromatic heterocycles. The summed E-state index contributed by atoms with van der Waals surface area (Å²) in [5.74, 6) is 0. The number of sulfonamides is 1. The van der Waals surface area contributed by atoms with Crippen LogP contribution in [0, 0.1) is 11.3 Å². The van der Waals surface area contributed by atoms with Gasteiger partial charge in [0.2, 0.25) is 10.0 Å². The lowest BCUT2D eigenvalue weighted by Crippen LogP contribution is -2.33. The van der Waals surface area contributed by atoms with E-state index >= 15 is 0 Å². The molecule has 0 aliphatic rings. The molecule has 1 aromatic carbocycles. The summed E-state index contributed by atoms with van der Waals surface area (Å²) in [4.78, 5) is -0.823. The number of hydrogen-bond donors (Lipinski definition) is 0. The molecule has 0 N–H and O–H groups in total. The Morgan fingerprint density at radius 3 is 2.40 bits per heavy atom. The van der Waals surface area contributed by atoms with E-state index in [2.05, 4.69) is 0 Å². The maximum absolute atomic E-state index is 12.9. The number of nitrogens with zero attached hydrogens (tertiary/aromatic N) is 2. The molecule has 0 atom stereocenters. The second-order valence-electron chi connectivity index (χ2n) is 3.99. The summed E-state index contributed by atoms with van der Waals surface area (Å²) in [5, 5.41) is 8.62. The summed E-state index contributed by atoms with van der Waals surface area (Å²) in [6.45, 7) is 1.18. The van der Waals surface area contributed by atoms with Gasteiger partial charge in [-0.15, -0.1) is 0 Å². The molecule has 8 heteroatoms. The summed E-state index contributed by atoms with van der Waals surface area (Å²) in [5.41, 5.74) is -1.22. The molecule has 0 fully saturated rings. The van der Waals surface area contributed by atoms with Crippen molar-refractivity contribution in [2.45, 2.75) is 24.4 Å². The third kappa shape index (κ3) is 3.49. The van der Waals surface area contributed by atoms with Crippen LogP contribution >= 0.6 is 0 Å². The highest BCUT2D eigenvalue weighted by atomic mass is 32.2. The summed E-state index contributed by atoms with van der Waals surface area (Å²) in [6.07, 6.45) is -4.37. The van der Waals surface area contributed by atoms with Crippen LogP contribution in [0.15, 0.2) is 29.2 Å². The molecule has 0 aliphatic heterocycles. The Kier molecular flexibility index (Phi) is 5.14. The number of alkyl halides is 3. The number of halogens is 3. The Morgan fingerprint density at radius 2 is 1.90 bits per heavy atom. The molecule has 4 nitrogen and oxygen atoms in total. The van der Waals surface area contributed by atoms with Crippen molar-refractivity contribution in [2.75, 3.05) is 13.1 Å². The fourth-order valence-electron chi connectivity index (χ4n) is 1.68. The van der Waals surface area contributed by atoms with Gasteiger partial charge in [0.25, 0.3) is 0 Å². The summed E-state index contributed by atoms with van der Waals surface area (Å²) >= 11 is 0. The fourth-order valence-corrected chi connectivity index (χ4v) is 3.32. The first kappa shape index (κ1) is 16.5. The van der Waals surface area contributed by atoms with Crippen LogP contribution in [0.3, 0.4) is 0 Å². The van der Waals surface area contributed by atoms with E-state index in [9.17, 15) is 21.6 Å². The van der Waals surface area contributed by atoms with E-state index in [0.717, 1.165) is 16.4 Å². The van der Waals surface area contributed by atoms with Crippen LogP contribution in [0.2, 0.25) is 0 Å². The van der Waals surface area contributed by atoms with Gasteiger partial charge < -0.3 is 0 Å². The molecule has 0 spiro atoms. The van der Waals surface area contributed by atoms with E-state index in [1.165, 1.54) is 6.07 Å². The Labute approximate surface area is 115 Å². The van der Waals surface area contributed by atoms with Gasteiger partial charge in [-0.25, -0.2) is 8.42 Å². The van der Waals surface area contributed by atoms with Gasteiger partial charge in [0, 0.05) is 6.54 Å². The van der Waals surface area contributed by atoms with Crippen molar-refractivity contribution in [3.63, 3.8) is 0 Å². The smallest absolute Gasteiger partial charge is 0.207 e. The molecule has 0 bridgehead atoms. The normalized spacial score (nSPS) is 12.4. The molecule has 0 aliphatic carbocycles. The minimum Gasteiger partial charge on any atom is -0.207 e. The SMILES string of the molecule is CCCN(CC#N)S(=O)(=O)c1ccccc1C(F)(F)F. The third-order valence-electron chi connectivity index (χ3n) is 2.53. The lowest BCUT2D eigenvalue weighted by molar-refractivity contribution is -0.139. The lowest BCUT2D eigenvalue weighted by Gasteiger charge is -2.21. The molecule has 20 heavy (non-hydrogen) atoms. The van der Waals surface area contributed by atoms with Gasteiger partial charge in [0.05, 0.1) is 16.5 Å². The van der Waals surface area contributed by atoms with E-state index in [0.29, 0.717) is 12.5 Å². The van der Waals surface area contributed by atoms with Crippen molar-refractivity contribution in [2.24, 2.45) is 0 Å². The van der Waals surface area contributed by atoms with Crippen molar-refractivity contribution < 1.29 is 21.6 Å². The minimum atomic E-state index is -4.77. The van der Waals surface area contributed by atoms with Crippen molar-refractivity contribution in [1.82, 2.24) is 4.31 Å². The molecule has 110 valence electrons. The van der Waals surface area contributed by atoms with Crippen LogP contribution in [0.5, 0.6) is 0 Å². The Morgan fingerprint density at radius 1 is 1.30 bits per heavy atom. The Bertz CT molecular complexity index is 606. The van der Waals surface area contributed by atoms with Gasteiger partial charge in [0.15, 0.2) is 0 Å². The van der Waals surface area contributed by atoms with Crippen molar-refractivity contribution in [3.05, 3.63) is 29.8 Å². The van der Waals surface area contributed by atoms with Crippen LogP contribution in [0.25, 0.3) is 0 Å².